The van der Waals surface area contributed by atoms with Gasteiger partial charge in [-0.2, -0.15) is 0 Å². The van der Waals surface area contributed by atoms with Crippen LogP contribution in [-0.2, 0) is 9.53 Å². The zero-order valence-corrected chi connectivity index (χ0v) is 8.37. The fraction of sp³-hybridized carbons (Fsp3) is 0.900. The summed E-state index contributed by atoms with van der Waals surface area (Å²) in [6.45, 7) is 5.98. The Kier molecular flexibility index (Phi) is 4.83. The lowest BCUT2D eigenvalue weighted by Crippen LogP contribution is -2.32. The van der Waals surface area contributed by atoms with Gasteiger partial charge in [0.15, 0.2) is 0 Å². The molecule has 0 aromatic heterocycles. The predicted molar refractivity (Wildman–Crippen MR) is 51.5 cm³/mol. The normalized spacial score (nSPS) is 21.0. The number of carbonyl (C=O) groups excluding carboxylic acids is 1. The first-order valence-corrected chi connectivity index (χ1v) is 5.14. The Morgan fingerprint density at radius 3 is 2.69 bits per heavy atom. The van der Waals surface area contributed by atoms with Gasteiger partial charge in [0.25, 0.3) is 6.47 Å². The first-order valence-electron chi connectivity index (χ1n) is 5.14. The number of carbonyl (C=O) groups is 1. The number of nitrogens with zero attached hydrogens (tertiary/aromatic N) is 1. The van der Waals surface area contributed by atoms with Crippen LogP contribution < -0.4 is 0 Å². The van der Waals surface area contributed by atoms with Crippen molar-refractivity contribution in [2.75, 3.05) is 19.6 Å². The summed E-state index contributed by atoms with van der Waals surface area (Å²) in [5, 5.41) is 0. The van der Waals surface area contributed by atoms with Crippen molar-refractivity contribution >= 4 is 6.47 Å². The van der Waals surface area contributed by atoms with E-state index < -0.39 is 0 Å². The van der Waals surface area contributed by atoms with Crippen LogP contribution >= 0.6 is 0 Å². The summed E-state index contributed by atoms with van der Waals surface area (Å²) in [6.07, 6.45) is 5.04. The molecule has 0 aromatic carbocycles. The Hall–Kier alpha value is -0.570. The molecule has 0 spiro atoms. The van der Waals surface area contributed by atoms with E-state index in [9.17, 15) is 4.79 Å². The lowest BCUT2D eigenvalue weighted by atomic mass is 10.1. The van der Waals surface area contributed by atoms with E-state index in [1.54, 1.807) is 0 Å². The molecular formula is C10H19NO2. The van der Waals surface area contributed by atoms with Crippen LogP contribution in [0.4, 0.5) is 0 Å². The van der Waals surface area contributed by atoms with E-state index >= 15 is 0 Å². The highest BCUT2D eigenvalue weighted by molar-refractivity contribution is 5.37. The third kappa shape index (κ3) is 4.27. The van der Waals surface area contributed by atoms with Gasteiger partial charge in [0.05, 0.1) is 6.10 Å². The van der Waals surface area contributed by atoms with Gasteiger partial charge >= 0.3 is 0 Å². The van der Waals surface area contributed by atoms with Gasteiger partial charge in [-0.25, -0.2) is 0 Å². The first-order chi connectivity index (χ1) is 6.33. The number of likely N-dealkylation sites (tertiary alicyclic amines) is 1. The molecule has 0 bridgehead atoms. The van der Waals surface area contributed by atoms with E-state index in [0.717, 1.165) is 13.0 Å². The summed E-state index contributed by atoms with van der Waals surface area (Å²) in [5.41, 5.74) is 0. The van der Waals surface area contributed by atoms with Gasteiger partial charge in [0, 0.05) is 6.54 Å². The van der Waals surface area contributed by atoms with Gasteiger partial charge in [-0.15, -0.1) is 0 Å². The predicted octanol–water partition coefficient (Wildman–Crippen LogP) is 1.42. The Bertz CT molecular complexity index is 144. The van der Waals surface area contributed by atoms with Crippen molar-refractivity contribution in [2.24, 2.45) is 0 Å². The topological polar surface area (TPSA) is 29.5 Å². The quantitative estimate of drug-likeness (QED) is 0.607. The lowest BCUT2D eigenvalue weighted by molar-refractivity contribution is -0.133. The lowest BCUT2D eigenvalue weighted by Gasteiger charge is -2.27. The maximum atomic E-state index is 10.0. The molecule has 0 radical (unpaired) electrons. The summed E-state index contributed by atoms with van der Waals surface area (Å²) in [7, 11) is 0. The molecule has 0 amide bonds. The zero-order chi connectivity index (χ0) is 9.52. The minimum atomic E-state index is 0.0689. The molecule has 1 unspecified atom stereocenters. The summed E-state index contributed by atoms with van der Waals surface area (Å²) in [4.78, 5) is 12.5. The van der Waals surface area contributed by atoms with Crippen molar-refractivity contribution in [2.45, 2.75) is 38.7 Å². The maximum absolute atomic E-state index is 10.0. The number of hydrogen-bond donors (Lipinski definition) is 0. The zero-order valence-electron chi connectivity index (χ0n) is 8.37. The second kappa shape index (κ2) is 5.97. The molecule has 76 valence electrons. The van der Waals surface area contributed by atoms with Gasteiger partial charge in [-0.05, 0) is 39.3 Å². The van der Waals surface area contributed by atoms with Crippen LogP contribution in [-0.4, -0.2) is 37.1 Å². The van der Waals surface area contributed by atoms with Gasteiger partial charge < -0.3 is 9.64 Å². The Balaban J connectivity index is 2.06. The first kappa shape index (κ1) is 10.5. The molecule has 13 heavy (non-hydrogen) atoms. The summed E-state index contributed by atoms with van der Waals surface area (Å²) in [5.74, 6) is 0. The van der Waals surface area contributed by atoms with Gasteiger partial charge in [-0.3, -0.25) is 4.79 Å². The third-order valence-corrected chi connectivity index (χ3v) is 2.59. The van der Waals surface area contributed by atoms with Crippen LogP contribution in [0.3, 0.4) is 0 Å². The molecule has 1 rings (SSSR count). The van der Waals surface area contributed by atoms with Gasteiger partial charge in [0.1, 0.15) is 0 Å². The van der Waals surface area contributed by atoms with Crippen LogP contribution in [0.1, 0.15) is 32.6 Å². The van der Waals surface area contributed by atoms with Crippen molar-refractivity contribution in [3.8, 4) is 0 Å². The standard InChI is InChI=1S/C10H19NO2/c1-10(13-9-12)5-8-11-6-3-2-4-7-11/h9-10H,2-8H2,1H3. The number of piperidine rings is 1. The Labute approximate surface area is 80.1 Å². The van der Waals surface area contributed by atoms with Crippen LogP contribution in [0.2, 0.25) is 0 Å². The van der Waals surface area contributed by atoms with E-state index in [2.05, 4.69) is 4.90 Å². The minimum Gasteiger partial charge on any atom is -0.465 e. The second-order valence-corrected chi connectivity index (χ2v) is 3.73. The van der Waals surface area contributed by atoms with Crippen molar-refractivity contribution < 1.29 is 9.53 Å². The fourth-order valence-electron chi connectivity index (χ4n) is 1.71. The molecule has 0 N–H and O–H groups in total. The summed E-state index contributed by atoms with van der Waals surface area (Å²) < 4.78 is 4.83. The Morgan fingerprint density at radius 1 is 1.38 bits per heavy atom. The molecule has 0 saturated carbocycles. The van der Waals surface area contributed by atoms with Crippen molar-refractivity contribution in [3.63, 3.8) is 0 Å². The average molecular weight is 185 g/mol. The molecule has 0 aliphatic carbocycles. The molecule has 1 heterocycles. The molecule has 1 saturated heterocycles. The molecule has 3 nitrogen and oxygen atoms in total. The fourth-order valence-corrected chi connectivity index (χ4v) is 1.71. The highest BCUT2D eigenvalue weighted by Gasteiger charge is 2.11. The van der Waals surface area contributed by atoms with E-state index in [-0.39, 0.29) is 6.10 Å². The van der Waals surface area contributed by atoms with Crippen molar-refractivity contribution in [3.05, 3.63) is 0 Å². The third-order valence-electron chi connectivity index (χ3n) is 2.59. The summed E-state index contributed by atoms with van der Waals surface area (Å²) >= 11 is 0. The van der Waals surface area contributed by atoms with Crippen molar-refractivity contribution in [1.82, 2.24) is 4.90 Å². The van der Waals surface area contributed by atoms with E-state index in [4.69, 9.17) is 4.74 Å². The van der Waals surface area contributed by atoms with E-state index in [1.165, 1.54) is 32.4 Å². The number of hydrogen-bond acceptors (Lipinski definition) is 3. The highest BCUT2D eigenvalue weighted by atomic mass is 16.5. The smallest absolute Gasteiger partial charge is 0.293 e. The van der Waals surface area contributed by atoms with Gasteiger partial charge in [0.2, 0.25) is 0 Å². The van der Waals surface area contributed by atoms with Crippen LogP contribution in [0, 0.1) is 0 Å². The van der Waals surface area contributed by atoms with Crippen molar-refractivity contribution in [1.29, 1.82) is 0 Å². The SMILES string of the molecule is CC(CCN1CCCCC1)OC=O. The summed E-state index contributed by atoms with van der Waals surface area (Å²) in [6, 6.07) is 0. The largest absolute Gasteiger partial charge is 0.465 e. The molecule has 1 aliphatic rings. The van der Waals surface area contributed by atoms with Crippen LogP contribution in [0.25, 0.3) is 0 Å². The average Bonchev–Trinajstić information content (AvgIpc) is 2.17. The molecule has 1 fully saturated rings. The molecular weight excluding hydrogens is 166 g/mol. The van der Waals surface area contributed by atoms with E-state index in [0.29, 0.717) is 6.47 Å². The number of ether oxygens (including phenoxy) is 1. The van der Waals surface area contributed by atoms with E-state index in [1.807, 2.05) is 6.92 Å². The monoisotopic (exact) mass is 185 g/mol. The molecule has 1 aliphatic heterocycles. The maximum Gasteiger partial charge on any atom is 0.293 e. The molecule has 0 aromatic rings. The van der Waals surface area contributed by atoms with Gasteiger partial charge in [-0.1, -0.05) is 6.42 Å². The number of rotatable bonds is 5. The van der Waals surface area contributed by atoms with Crippen LogP contribution in [0.5, 0.6) is 0 Å². The highest BCUT2D eigenvalue weighted by Crippen LogP contribution is 2.09. The van der Waals surface area contributed by atoms with Crippen LogP contribution in [0.15, 0.2) is 0 Å². The Morgan fingerprint density at radius 2 is 2.08 bits per heavy atom. The molecule has 1 atom stereocenters. The second-order valence-electron chi connectivity index (χ2n) is 3.73. The minimum absolute atomic E-state index is 0.0689. The molecule has 3 heteroatoms.